The Bertz CT molecular complexity index is 389. The lowest BCUT2D eigenvalue weighted by Crippen LogP contribution is -2.22. The van der Waals surface area contributed by atoms with E-state index in [0.717, 1.165) is 0 Å². The number of benzene rings is 1. The Morgan fingerprint density at radius 2 is 1.41 bits per heavy atom. The summed E-state index contributed by atoms with van der Waals surface area (Å²) in [5.74, 6) is -2.40. The Morgan fingerprint density at radius 3 is 1.71 bits per heavy atom. The van der Waals surface area contributed by atoms with Crippen molar-refractivity contribution < 1.29 is 31.1 Å². The average molecular weight is 256 g/mol. The van der Waals surface area contributed by atoms with Gasteiger partial charge in [0.1, 0.15) is 12.2 Å². The van der Waals surface area contributed by atoms with E-state index in [9.17, 15) is 31.1 Å². The van der Waals surface area contributed by atoms with E-state index in [0.29, 0.717) is 24.3 Å². The highest BCUT2D eigenvalue weighted by molar-refractivity contribution is 5.63. The molecule has 0 radical (unpaired) electrons. The predicted molar refractivity (Wildman–Crippen MR) is 46.3 cm³/mol. The van der Waals surface area contributed by atoms with Crippen molar-refractivity contribution in [1.82, 2.24) is 0 Å². The van der Waals surface area contributed by atoms with Gasteiger partial charge in [0.25, 0.3) is 0 Å². The zero-order chi connectivity index (χ0) is 13.3. The van der Waals surface area contributed by atoms with Crippen molar-refractivity contribution in [1.29, 1.82) is 0 Å². The van der Waals surface area contributed by atoms with E-state index in [1.165, 1.54) is 0 Å². The summed E-state index contributed by atoms with van der Waals surface area (Å²) < 4.78 is 73.3. The molecule has 0 spiro atoms. The number of rotatable bonds is 2. The lowest BCUT2D eigenvalue weighted by atomic mass is 9.99. The van der Waals surface area contributed by atoms with E-state index < -0.39 is 29.4 Å². The molecule has 0 N–H and O–H groups in total. The molecule has 1 aromatic rings. The molecule has 1 aromatic carbocycles. The minimum absolute atomic E-state index is 0.345. The van der Waals surface area contributed by atoms with Crippen molar-refractivity contribution in [2.45, 2.75) is 18.3 Å². The summed E-state index contributed by atoms with van der Waals surface area (Å²) in [7, 11) is 0. The topological polar surface area (TPSA) is 17.1 Å². The second-order valence-electron chi connectivity index (χ2n) is 3.28. The fourth-order valence-electron chi connectivity index (χ4n) is 1.22. The third kappa shape index (κ3) is 3.21. The van der Waals surface area contributed by atoms with Crippen molar-refractivity contribution in [2.24, 2.45) is 0 Å². The van der Waals surface area contributed by atoms with Crippen LogP contribution in [0.4, 0.5) is 26.3 Å². The van der Waals surface area contributed by atoms with Crippen molar-refractivity contribution in [3.05, 3.63) is 35.4 Å². The molecule has 0 aliphatic heterocycles. The molecule has 0 aromatic heterocycles. The molecule has 1 nitrogen and oxygen atoms in total. The molecule has 0 fully saturated rings. The largest absolute Gasteiger partial charge is 0.416 e. The van der Waals surface area contributed by atoms with Crippen LogP contribution < -0.4 is 0 Å². The highest BCUT2D eigenvalue weighted by Crippen LogP contribution is 2.35. The Morgan fingerprint density at radius 1 is 0.941 bits per heavy atom. The van der Waals surface area contributed by atoms with Gasteiger partial charge in [-0.15, -0.1) is 0 Å². The lowest BCUT2D eigenvalue weighted by molar-refractivity contribution is -0.155. The Kier molecular flexibility index (Phi) is 3.49. The second-order valence-corrected chi connectivity index (χ2v) is 3.28. The Balaban J connectivity index is 3.06. The number of carbonyl (C=O) groups is 1. The molecular weight excluding hydrogens is 250 g/mol. The molecule has 0 aliphatic carbocycles. The summed E-state index contributed by atoms with van der Waals surface area (Å²) in [6.07, 6.45) is -9.77. The number of hydrogen-bond acceptors (Lipinski definition) is 1. The highest BCUT2D eigenvalue weighted by Gasteiger charge is 2.41. The zero-order valence-corrected chi connectivity index (χ0v) is 8.14. The normalized spacial score (nSPS) is 14.5. The summed E-state index contributed by atoms with van der Waals surface area (Å²) >= 11 is 0. The first-order valence-corrected chi connectivity index (χ1v) is 4.35. The van der Waals surface area contributed by atoms with Crippen LogP contribution in [-0.2, 0) is 11.0 Å². The fraction of sp³-hybridized carbons (Fsp3) is 0.300. The van der Waals surface area contributed by atoms with Gasteiger partial charge >= 0.3 is 12.4 Å². The molecule has 0 heterocycles. The first-order chi connectivity index (χ1) is 7.66. The Labute approximate surface area is 92.0 Å². The lowest BCUT2D eigenvalue weighted by Gasteiger charge is -2.15. The van der Waals surface area contributed by atoms with Crippen LogP contribution in [0.3, 0.4) is 0 Å². The predicted octanol–water partition coefficient (Wildman–Crippen LogP) is 3.55. The SMILES string of the molecule is O=C[C@@H](c1ccc(C(F)(F)F)cc1)C(F)(F)F. The quantitative estimate of drug-likeness (QED) is 0.584. The molecular formula is C10H6F6O. The average Bonchev–Trinajstić information content (AvgIpc) is 2.16. The summed E-state index contributed by atoms with van der Waals surface area (Å²) in [4.78, 5) is 10.3. The van der Waals surface area contributed by atoms with Crippen LogP contribution in [0.2, 0.25) is 0 Å². The molecule has 94 valence electrons. The monoisotopic (exact) mass is 256 g/mol. The van der Waals surface area contributed by atoms with Crippen molar-refractivity contribution in [2.75, 3.05) is 0 Å². The highest BCUT2D eigenvalue weighted by atomic mass is 19.4. The van der Waals surface area contributed by atoms with Crippen LogP contribution in [0.25, 0.3) is 0 Å². The summed E-state index contributed by atoms with van der Waals surface area (Å²) in [5, 5.41) is 0. The molecule has 0 saturated carbocycles. The van der Waals surface area contributed by atoms with Crippen LogP contribution in [0.1, 0.15) is 17.0 Å². The van der Waals surface area contributed by atoms with Gasteiger partial charge in [0.2, 0.25) is 0 Å². The van der Waals surface area contributed by atoms with Crippen LogP contribution in [0.5, 0.6) is 0 Å². The summed E-state index contributed by atoms with van der Waals surface area (Å²) in [6, 6.07) is 2.32. The van der Waals surface area contributed by atoms with E-state index in [1.54, 1.807) is 0 Å². The minimum atomic E-state index is -4.80. The van der Waals surface area contributed by atoms with Crippen LogP contribution in [-0.4, -0.2) is 12.5 Å². The van der Waals surface area contributed by atoms with Crippen molar-refractivity contribution in [3.63, 3.8) is 0 Å². The van der Waals surface area contributed by atoms with Crippen LogP contribution in [0, 0.1) is 0 Å². The zero-order valence-electron chi connectivity index (χ0n) is 8.14. The van der Waals surface area contributed by atoms with Gasteiger partial charge in [-0.05, 0) is 17.7 Å². The number of hydrogen-bond donors (Lipinski definition) is 0. The first kappa shape index (κ1) is 13.5. The van der Waals surface area contributed by atoms with E-state index in [2.05, 4.69) is 0 Å². The maximum Gasteiger partial charge on any atom is 0.416 e. The van der Waals surface area contributed by atoms with E-state index >= 15 is 0 Å². The maximum atomic E-state index is 12.3. The van der Waals surface area contributed by atoms with E-state index in [1.807, 2.05) is 0 Å². The number of halogens is 6. The molecule has 1 rings (SSSR count). The van der Waals surface area contributed by atoms with Gasteiger partial charge in [0.05, 0.1) is 5.56 Å². The van der Waals surface area contributed by atoms with Gasteiger partial charge in [-0.3, -0.25) is 0 Å². The van der Waals surface area contributed by atoms with Gasteiger partial charge in [-0.1, -0.05) is 12.1 Å². The maximum absolute atomic E-state index is 12.3. The van der Waals surface area contributed by atoms with E-state index in [4.69, 9.17) is 0 Å². The minimum Gasteiger partial charge on any atom is -0.302 e. The standard InChI is InChI=1S/C10H6F6O/c11-9(12,13)7-3-1-6(2-4-7)8(5-17)10(14,15)16/h1-5,8H/t8-/m0/s1. The van der Waals surface area contributed by atoms with Gasteiger partial charge < -0.3 is 4.79 Å². The summed E-state index contributed by atoms with van der Waals surface area (Å²) in [5.41, 5.74) is -1.58. The Hall–Kier alpha value is -1.53. The molecule has 0 aliphatic rings. The molecule has 0 unspecified atom stereocenters. The van der Waals surface area contributed by atoms with Crippen molar-refractivity contribution in [3.8, 4) is 0 Å². The first-order valence-electron chi connectivity index (χ1n) is 4.35. The third-order valence-corrected chi connectivity index (χ3v) is 2.09. The van der Waals surface area contributed by atoms with Gasteiger partial charge in [-0.2, -0.15) is 26.3 Å². The third-order valence-electron chi connectivity index (χ3n) is 2.09. The van der Waals surface area contributed by atoms with Gasteiger partial charge in [0, 0.05) is 0 Å². The molecule has 0 saturated heterocycles. The summed E-state index contributed by atoms with van der Waals surface area (Å²) in [6.45, 7) is 0. The molecule has 7 heteroatoms. The molecule has 17 heavy (non-hydrogen) atoms. The molecule has 0 amide bonds. The van der Waals surface area contributed by atoms with Gasteiger partial charge in [-0.25, -0.2) is 0 Å². The van der Waals surface area contributed by atoms with E-state index in [-0.39, 0.29) is 6.29 Å². The fourth-order valence-corrected chi connectivity index (χ4v) is 1.22. The second kappa shape index (κ2) is 4.38. The molecule has 0 bridgehead atoms. The van der Waals surface area contributed by atoms with Crippen LogP contribution >= 0.6 is 0 Å². The molecule has 1 atom stereocenters. The smallest absolute Gasteiger partial charge is 0.302 e. The number of alkyl halides is 6. The number of aldehydes is 1. The van der Waals surface area contributed by atoms with Crippen LogP contribution in [0.15, 0.2) is 24.3 Å². The van der Waals surface area contributed by atoms with Gasteiger partial charge in [0.15, 0.2) is 0 Å². The van der Waals surface area contributed by atoms with Crippen molar-refractivity contribution >= 4 is 6.29 Å². The number of carbonyl (C=O) groups excluding carboxylic acids is 1.